The van der Waals surface area contributed by atoms with Crippen LogP contribution in [-0.4, -0.2) is 42.6 Å². The van der Waals surface area contributed by atoms with Gasteiger partial charge >= 0.3 is 0 Å². The van der Waals surface area contributed by atoms with Gasteiger partial charge in [0.05, 0.1) is 17.0 Å². The molecule has 1 aromatic carbocycles. The average Bonchev–Trinajstić information content (AvgIpc) is 2.71. The van der Waals surface area contributed by atoms with E-state index < -0.39 is 33.4 Å². The molecular formula is C16H21N3O5S. The second-order valence-corrected chi connectivity index (χ2v) is 8.45. The van der Waals surface area contributed by atoms with Crippen molar-refractivity contribution in [3.8, 4) is 0 Å². The Balaban J connectivity index is 2.37. The number of hydrogen-bond donors (Lipinski definition) is 1. The van der Waals surface area contributed by atoms with E-state index in [1.807, 2.05) is 0 Å². The van der Waals surface area contributed by atoms with Gasteiger partial charge in [0.15, 0.2) is 0 Å². The van der Waals surface area contributed by atoms with Crippen LogP contribution in [0, 0.1) is 0 Å². The van der Waals surface area contributed by atoms with E-state index in [1.54, 1.807) is 20.8 Å². The first-order valence-electron chi connectivity index (χ1n) is 7.63. The minimum atomic E-state index is -3.87. The van der Waals surface area contributed by atoms with E-state index in [9.17, 15) is 22.8 Å². The molecule has 0 bridgehead atoms. The highest BCUT2D eigenvalue weighted by Crippen LogP contribution is 2.30. The zero-order chi connectivity index (χ0) is 19.2. The predicted molar refractivity (Wildman–Crippen MR) is 91.0 cm³/mol. The molecule has 1 saturated heterocycles. The topological polar surface area (TPSA) is 118 Å². The lowest BCUT2D eigenvalue weighted by atomic mass is 10.0. The second kappa shape index (κ2) is 6.23. The highest BCUT2D eigenvalue weighted by molar-refractivity contribution is 7.89. The van der Waals surface area contributed by atoms with Crippen LogP contribution in [0.2, 0.25) is 0 Å². The first-order valence-corrected chi connectivity index (χ1v) is 9.18. The van der Waals surface area contributed by atoms with Gasteiger partial charge in [0.25, 0.3) is 5.91 Å². The van der Waals surface area contributed by atoms with Crippen molar-refractivity contribution < 1.29 is 22.8 Å². The van der Waals surface area contributed by atoms with Crippen molar-refractivity contribution in [1.82, 2.24) is 4.90 Å². The maximum Gasteiger partial charge on any atom is 0.257 e. The van der Waals surface area contributed by atoms with Crippen molar-refractivity contribution in [1.29, 1.82) is 0 Å². The number of primary sulfonamides is 1. The van der Waals surface area contributed by atoms with Crippen LogP contribution in [0.3, 0.4) is 0 Å². The van der Waals surface area contributed by atoms with Gasteiger partial charge in [-0.3, -0.25) is 14.4 Å². The van der Waals surface area contributed by atoms with E-state index in [2.05, 4.69) is 0 Å². The molecule has 0 radical (unpaired) electrons. The predicted octanol–water partition coefficient (Wildman–Crippen LogP) is 0.613. The quantitative estimate of drug-likeness (QED) is 0.786. The van der Waals surface area contributed by atoms with Crippen LogP contribution in [0.4, 0.5) is 5.69 Å². The van der Waals surface area contributed by atoms with Gasteiger partial charge < -0.3 is 4.90 Å². The third-order valence-electron chi connectivity index (χ3n) is 3.92. The lowest BCUT2D eigenvalue weighted by molar-refractivity contribution is -0.142. The fraction of sp³-hybridized carbons (Fsp3) is 0.438. The molecule has 0 aromatic heterocycles. The standard InChI is InChI=1S/C16H21N3O5S/c1-10(20)19(16(2,3)4)13-9-14(21)18(15(13)22)11-5-7-12(8-6-11)25(17,23)24/h5-8,13H,9H2,1-4H3,(H2,17,23,24). The van der Waals surface area contributed by atoms with E-state index in [4.69, 9.17) is 5.14 Å². The SMILES string of the molecule is CC(=O)N(C1CC(=O)N(c2ccc(S(N)(=O)=O)cc2)C1=O)C(C)(C)C. The smallest absolute Gasteiger partial charge is 0.257 e. The number of benzene rings is 1. The normalized spacial score (nSPS) is 18.6. The van der Waals surface area contributed by atoms with Crippen LogP contribution >= 0.6 is 0 Å². The molecule has 2 N–H and O–H groups in total. The minimum absolute atomic E-state index is 0.118. The molecule has 1 fully saturated rings. The Morgan fingerprint density at radius 2 is 1.72 bits per heavy atom. The van der Waals surface area contributed by atoms with E-state index in [1.165, 1.54) is 36.1 Å². The number of imide groups is 1. The summed E-state index contributed by atoms with van der Waals surface area (Å²) in [7, 11) is -3.87. The van der Waals surface area contributed by atoms with Gasteiger partial charge in [-0.15, -0.1) is 0 Å². The van der Waals surface area contributed by atoms with E-state index >= 15 is 0 Å². The summed E-state index contributed by atoms with van der Waals surface area (Å²) in [4.78, 5) is 39.4. The van der Waals surface area contributed by atoms with Crippen molar-refractivity contribution in [2.45, 2.75) is 50.6 Å². The first-order chi connectivity index (χ1) is 11.3. The third-order valence-corrected chi connectivity index (χ3v) is 4.85. The van der Waals surface area contributed by atoms with Crippen LogP contribution in [0.25, 0.3) is 0 Å². The van der Waals surface area contributed by atoms with Gasteiger partial charge in [0.2, 0.25) is 21.8 Å². The molecule has 1 aliphatic heterocycles. The molecular weight excluding hydrogens is 346 g/mol. The Morgan fingerprint density at radius 3 is 2.12 bits per heavy atom. The summed E-state index contributed by atoms with van der Waals surface area (Å²) in [5.74, 6) is -1.27. The summed E-state index contributed by atoms with van der Waals surface area (Å²) in [5, 5.41) is 5.04. The molecule has 136 valence electrons. The fourth-order valence-electron chi connectivity index (χ4n) is 3.03. The highest BCUT2D eigenvalue weighted by Gasteiger charge is 2.46. The van der Waals surface area contributed by atoms with Gasteiger partial charge in [0, 0.05) is 12.5 Å². The second-order valence-electron chi connectivity index (χ2n) is 6.89. The Bertz CT molecular complexity index is 824. The number of sulfonamides is 1. The summed E-state index contributed by atoms with van der Waals surface area (Å²) in [6.45, 7) is 6.72. The molecule has 9 heteroatoms. The largest absolute Gasteiger partial charge is 0.326 e. The maximum absolute atomic E-state index is 12.8. The van der Waals surface area contributed by atoms with Gasteiger partial charge in [-0.05, 0) is 45.0 Å². The van der Waals surface area contributed by atoms with Crippen LogP contribution in [0.1, 0.15) is 34.1 Å². The average molecular weight is 367 g/mol. The van der Waals surface area contributed by atoms with Crippen LogP contribution in [0.15, 0.2) is 29.2 Å². The molecule has 1 heterocycles. The Hall–Kier alpha value is -2.26. The maximum atomic E-state index is 12.8. The van der Waals surface area contributed by atoms with Gasteiger partial charge in [-0.2, -0.15) is 0 Å². The summed E-state index contributed by atoms with van der Waals surface area (Å²) in [6.07, 6.45) is -0.118. The number of carbonyl (C=O) groups is 3. The number of amides is 3. The van der Waals surface area contributed by atoms with Gasteiger partial charge in [-0.25, -0.2) is 18.5 Å². The molecule has 1 unspecified atom stereocenters. The van der Waals surface area contributed by atoms with E-state index in [-0.39, 0.29) is 22.9 Å². The lowest BCUT2D eigenvalue weighted by Crippen LogP contribution is -2.53. The van der Waals surface area contributed by atoms with Crippen molar-refractivity contribution in [3.05, 3.63) is 24.3 Å². The molecule has 2 rings (SSSR count). The minimum Gasteiger partial charge on any atom is -0.326 e. The third kappa shape index (κ3) is 3.72. The Morgan fingerprint density at radius 1 is 1.20 bits per heavy atom. The molecule has 25 heavy (non-hydrogen) atoms. The number of anilines is 1. The van der Waals surface area contributed by atoms with Crippen LogP contribution in [0.5, 0.6) is 0 Å². The summed E-state index contributed by atoms with van der Waals surface area (Å²) >= 11 is 0. The Kier molecular flexibility index (Phi) is 4.75. The van der Waals surface area contributed by atoms with Crippen molar-refractivity contribution in [2.75, 3.05) is 4.90 Å². The van der Waals surface area contributed by atoms with Crippen molar-refractivity contribution in [2.24, 2.45) is 5.14 Å². The number of carbonyl (C=O) groups excluding carboxylic acids is 3. The molecule has 8 nitrogen and oxygen atoms in total. The fourth-order valence-corrected chi connectivity index (χ4v) is 3.55. The zero-order valence-corrected chi connectivity index (χ0v) is 15.3. The number of nitrogens with two attached hydrogens (primary N) is 1. The summed E-state index contributed by atoms with van der Waals surface area (Å²) in [5.41, 5.74) is -0.387. The molecule has 3 amide bonds. The number of nitrogens with zero attached hydrogens (tertiary/aromatic N) is 2. The molecule has 1 aliphatic rings. The molecule has 0 saturated carbocycles. The molecule has 0 aliphatic carbocycles. The van der Waals surface area contributed by atoms with Crippen molar-refractivity contribution in [3.63, 3.8) is 0 Å². The molecule has 1 atom stereocenters. The van der Waals surface area contributed by atoms with Crippen LogP contribution < -0.4 is 10.0 Å². The van der Waals surface area contributed by atoms with Crippen LogP contribution in [-0.2, 0) is 24.4 Å². The summed E-state index contributed by atoms with van der Waals surface area (Å²) < 4.78 is 22.6. The first kappa shape index (κ1) is 19.1. The van der Waals surface area contributed by atoms with E-state index in [0.717, 1.165) is 4.90 Å². The number of rotatable bonds is 3. The highest BCUT2D eigenvalue weighted by atomic mass is 32.2. The molecule has 0 spiro atoms. The zero-order valence-electron chi connectivity index (χ0n) is 14.5. The van der Waals surface area contributed by atoms with E-state index in [0.29, 0.717) is 0 Å². The lowest BCUT2D eigenvalue weighted by Gasteiger charge is -2.38. The monoisotopic (exact) mass is 367 g/mol. The van der Waals surface area contributed by atoms with Gasteiger partial charge in [-0.1, -0.05) is 0 Å². The van der Waals surface area contributed by atoms with Gasteiger partial charge in [0.1, 0.15) is 6.04 Å². The summed E-state index contributed by atoms with van der Waals surface area (Å²) in [6, 6.07) is 4.25. The molecule has 1 aromatic rings. The van der Waals surface area contributed by atoms with Crippen molar-refractivity contribution >= 4 is 33.4 Å². The Labute approximate surface area is 146 Å². The number of hydrogen-bond acceptors (Lipinski definition) is 5.